The fraction of sp³-hybridized carbons (Fsp3) is 0.385. The van der Waals surface area contributed by atoms with E-state index >= 15 is 0 Å². The molecular formula is C13H16O5. The molecule has 0 aliphatic heterocycles. The van der Waals surface area contributed by atoms with Crippen LogP contribution in [0.5, 0.6) is 0 Å². The van der Waals surface area contributed by atoms with Crippen molar-refractivity contribution < 1.29 is 23.8 Å². The summed E-state index contributed by atoms with van der Waals surface area (Å²) in [4.78, 5) is 22.8. The number of carbonyl (C=O) groups is 2. The SMILES string of the molecule is CC(C)OC(=O)OC(C)OC(=O)c1ccccc1. The molecular weight excluding hydrogens is 236 g/mol. The predicted octanol–water partition coefficient (Wildman–Crippen LogP) is 2.75. The van der Waals surface area contributed by atoms with Crippen LogP contribution in [0.4, 0.5) is 4.79 Å². The third-order valence-electron chi connectivity index (χ3n) is 1.88. The monoisotopic (exact) mass is 252 g/mol. The van der Waals surface area contributed by atoms with Crippen LogP contribution in [0.15, 0.2) is 30.3 Å². The van der Waals surface area contributed by atoms with Gasteiger partial charge in [0.05, 0.1) is 11.7 Å². The maximum Gasteiger partial charge on any atom is 0.511 e. The van der Waals surface area contributed by atoms with Gasteiger partial charge < -0.3 is 14.2 Å². The van der Waals surface area contributed by atoms with Crippen molar-refractivity contribution in [3.63, 3.8) is 0 Å². The highest BCUT2D eigenvalue weighted by Gasteiger charge is 2.16. The highest BCUT2D eigenvalue weighted by molar-refractivity contribution is 5.89. The minimum absolute atomic E-state index is 0.283. The lowest BCUT2D eigenvalue weighted by Crippen LogP contribution is -2.23. The van der Waals surface area contributed by atoms with Gasteiger partial charge in [-0.1, -0.05) is 18.2 Å². The number of hydrogen-bond acceptors (Lipinski definition) is 5. The summed E-state index contributed by atoms with van der Waals surface area (Å²) in [6, 6.07) is 8.45. The summed E-state index contributed by atoms with van der Waals surface area (Å²) in [6.45, 7) is 4.84. The second-order valence-electron chi connectivity index (χ2n) is 3.87. The van der Waals surface area contributed by atoms with Crippen LogP contribution in [0.2, 0.25) is 0 Å². The predicted molar refractivity (Wildman–Crippen MR) is 64.0 cm³/mol. The first-order valence-corrected chi connectivity index (χ1v) is 5.62. The molecule has 0 N–H and O–H groups in total. The van der Waals surface area contributed by atoms with Crippen molar-refractivity contribution in [2.24, 2.45) is 0 Å². The quantitative estimate of drug-likeness (QED) is 0.609. The second kappa shape index (κ2) is 6.64. The summed E-state index contributed by atoms with van der Waals surface area (Å²) in [6.07, 6.45) is -2.14. The summed E-state index contributed by atoms with van der Waals surface area (Å²) < 4.78 is 14.4. The zero-order chi connectivity index (χ0) is 13.5. The molecule has 1 aromatic rings. The van der Waals surface area contributed by atoms with Gasteiger partial charge in [0.1, 0.15) is 0 Å². The summed E-state index contributed by atoms with van der Waals surface area (Å²) in [7, 11) is 0. The van der Waals surface area contributed by atoms with Crippen LogP contribution in [0.1, 0.15) is 31.1 Å². The van der Waals surface area contributed by atoms with E-state index in [0.29, 0.717) is 5.56 Å². The van der Waals surface area contributed by atoms with Crippen LogP contribution < -0.4 is 0 Å². The van der Waals surface area contributed by atoms with Gasteiger partial charge in [-0.25, -0.2) is 9.59 Å². The van der Waals surface area contributed by atoms with Crippen molar-refractivity contribution in [3.05, 3.63) is 35.9 Å². The lowest BCUT2D eigenvalue weighted by atomic mass is 10.2. The van der Waals surface area contributed by atoms with Crippen molar-refractivity contribution in [1.29, 1.82) is 0 Å². The molecule has 0 spiro atoms. The normalized spacial score (nSPS) is 11.8. The summed E-state index contributed by atoms with van der Waals surface area (Å²) in [5.74, 6) is -0.555. The molecule has 0 saturated carbocycles. The number of hydrogen-bond donors (Lipinski definition) is 0. The van der Waals surface area contributed by atoms with Crippen LogP contribution in [0.3, 0.4) is 0 Å². The second-order valence-corrected chi connectivity index (χ2v) is 3.87. The molecule has 1 aromatic carbocycles. The van der Waals surface area contributed by atoms with Gasteiger partial charge in [-0.05, 0) is 26.0 Å². The number of rotatable bonds is 4. The van der Waals surface area contributed by atoms with Crippen molar-refractivity contribution in [3.8, 4) is 0 Å². The Morgan fingerprint density at radius 2 is 1.56 bits per heavy atom. The maximum atomic E-state index is 11.6. The smallest absolute Gasteiger partial charge is 0.431 e. The van der Waals surface area contributed by atoms with Gasteiger partial charge in [0.15, 0.2) is 0 Å². The highest BCUT2D eigenvalue weighted by Crippen LogP contribution is 2.06. The average Bonchev–Trinajstić information content (AvgIpc) is 2.28. The molecule has 0 aliphatic carbocycles. The topological polar surface area (TPSA) is 61.8 Å². The van der Waals surface area contributed by atoms with E-state index in [2.05, 4.69) is 0 Å². The molecule has 18 heavy (non-hydrogen) atoms. The fourth-order valence-electron chi connectivity index (χ4n) is 1.17. The summed E-state index contributed by atoms with van der Waals surface area (Å²) in [5.41, 5.74) is 0.394. The average molecular weight is 252 g/mol. The van der Waals surface area contributed by atoms with Gasteiger partial charge in [-0.2, -0.15) is 0 Å². The summed E-state index contributed by atoms with van der Waals surface area (Å²) >= 11 is 0. The van der Waals surface area contributed by atoms with Crippen molar-refractivity contribution in [1.82, 2.24) is 0 Å². The van der Waals surface area contributed by atoms with E-state index in [4.69, 9.17) is 14.2 Å². The molecule has 0 bridgehead atoms. The van der Waals surface area contributed by atoms with Crippen LogP contribution >= 0.6 is 0 Å². The van der Waals surface area contributed by atoms with Gasteiger partial charge >= 0.3 is 12.1 Å². The number of esters is 1. The fourth-order valence-corrected chi connectivity index (χ4v) is 1.17. The first-order valence-electron chi connectivity index (χ1n) is 5.62. The Hall–Kier alpha value is -2.04. The van der Waals surface area contributed by atoms with Gasteiger partial charge in [0, 0.05) is 6.92 Å². The van der Waals surface area contributed by atoms with Crippen molar-refractivity contribution in [2.45, 2.75) is 33.2 Å². The molecule has 0 amide bonds. The van der Waals surface area contributed by atoms with E-state index in [1.54, 1.807) is 44.2 Å². The van der Waals surface area contributed by atoms with Gasteiger partial charge in [-0.3, -0.25) is 0 Å². The van der Waals surface area contributed by atoms with Gasteiger partial charge in [-0.15, -0.1) is 0 Å². The Balaban J connectivity index is 2.43. The van der Waals surface area contributed by atoms with E-state index in [-0.39, 0.29) is 6.10 Å². The van der Waals surface area contributed by atoms with Crippen LogP contribution in [-0.2, 0) is 14.2 Å². The Labute approximate surface area is 106 Å². The Kier molecular flexibility index (Phi) is 5.17. The Bertz CT molecular complexity index is 399. The maximum absolute atomic E-state index is 11.6. The van der Waals surface area contributed by atoms with E-state index < -0.39 is 18.4 Å². The molecule has 1 rings (SSSR count). The van der Waals surface area contributed by atoms with Crippen molar-refractivity contribution >= 4 is 12.1 Å². The zero-order valence-corrected chi connectivity index (χ0v) is 10.6. The number of benzene rings is 1. The number of ether oxygens (including phenoxy) is 3. The zero-order valence-electron chi connectivity index (χ0n) is 10.6. The molecule has 5 nitrogen and oxygen atoms in total. The summed E-state index contributed by atoms with van der Waals surface area (Å²) in [5, 5.41) is 0. The van der Waals surface area contributed by atoms with E-state index in [1.165, 1.54) is 6.92 Å². The third kappa shape index (κ3) is 4.86. The molecule has 0 aromatic heterocycles. The van der Waals surface area contributed by atoms with Crippen LogP contribution in [0.25, 0.3) is 0 Å². The van der Waals surface area contributed by atoms with Crippen LogP contribution in [-0.4, -0.2) is 24.5 Å². The van der Waals surface area contributed by atoms with Gasteiger partial charge in [0.2, 0.25) is 6.29 Å². The highest BCUT2D eigenvalue weighted by atomic mass is 16.8. The first-order chi connectivity index (χ1) is 8.49. The van der Waals surface area contributed by atoms with E-state index in [9.17, 15) is 9.59 Å². The lowest BCUT2D eigenvalue weighted by Gasteiger charge is -2.15. The molecule has 1 atom stereocenters. The molecule has 98 valence electrons. The Morgan fingerprint density at radius 1 is 0.944 bits per heavy atom. The molecule has 5 heteroatoms. The Morgan fingerprint density at radius 3 is 2.11 bits per heavy atom. The minimum Gasteiger partial charge on any atom is -0.431 e. The molecule has 0 heterocycles. The standard InChI is InChI=1S/C13H16O5/c1-9(2)16-13(15)18-10(3)17-12(14)11-7-5-4-6-8-11/h4-10H,1-3H3. The third-order valence-corrected chi connectivity index (χ3v) is 1.88. The molecule has 1 unspecified atom stereocenters. The van der Waals surface area contributed by atoms with E-state index in [0.717, 1.165) is 0 Å². The molecule has 0 radical (unpaired) electrons. The van der Waals surface area contributed by atoms with Crippen LogP contribution in [0, 0.1) is 0 Å². The van der Waals surface area contributed by atoms with Crippen molar-refractivity contribution in [2.75, 3.05) is 0 Å². The van der Waals surface area contributed by atoms with E-state index in [1.807, 2.05) is 0 Å². The lowest BCUT2D eigenvalue weighted by molar-refractivity contribution is -0.0866. The first kappa shape index (κ1) is 14.0. The molecule has 0 saturated heterocycles. The molecule has 0 aliphatic rings. The largest absolute Gasteiger partial charge is 0.511 e. The minimum atomic E-state index is -0.996. The van der Waals surface area contributed by atoms with Gasteiger partial charge in [0.25, 0.3) is 0 Å². The molecule has 0 fully saturated rings. The number of carbonyl (C=O) groups excluding carboxylic acids is 2.